The minimum absolute atomic E-state index is 0.0588. The molecular weight excluding hydrogens is 338 g/mol. The Morgan fingerprint density at radius 2 is 1.88 bits per heavy atom. The van der Waals surface area contributed by atoms with Crippen molar-refractivity contribution in [1.29, 1.82) is 0 Å². The summed E-state index contributed by atoms with van der Waals surface area (Å²) in [6, 6.07) is 14.1. The van der Waals surface area contributed by atoms with Crippen LogP contribution in [-0.2, 0) is 21.2 Å². The molecule has 1 heterocycles. The Kier molecular flexibility index (Phi) is 4.78. The third-order valence-corrected chi connectivity index (χ3v) is 5.33. The highest BCUT2D eigenvalue weighted by Gasteiger charge is 2.21. The molecule has 6 nitrogen and oxygen atoms in total. The second kappa shape index (κ2) is 6.85. The molecule has 7 heteroatoms. The summed E-state index contributed by atoms with van der Waals surface area (Å²) in [5.41, 5.74) is 3.20. The van der Waals surface area contributed by atoms with Gasteiger partial charge in [-0.05, 0) is 42.7 Å². The van der Waals surface area contributed by atoms with Crippen LogP contribution in [0.25, 0.3) is 0 Å². The lowest BCUT2D eigenvalue weighted by Gasteiger charge is -2.21. The SMILES string of the molecule is C[C@H](NC(=O)CN1CCc2ccccc21)c1ccc(S(N)(=O)=O)cc1. The molecule has 0 unspecified atom stereocenters. The number of para-hydroxylation sites is 1. The summed E-state index contributed by atoms with van der Waals surface area (Å²) in [7, 11) is -3.71. The van der Waals surface area contributed by atoms with Gasteiger partial charge in [-0.1, -0.05) is 30.3 Å². The molecule has 0 bridgehead atoms. The maximum absolute atomic E-state index is 12.4. The number of carbonyl (C=O) groups is 1. The largest absolute Gasteiger partial charge is 0.362 e. The molecule has 25 heavy (non-hydrogen) atoms. The second-order valence-corrected chi connectivity index (χ2v) is 7.76. The van der Waals surface area contributed by atoms with Gasteiger partial charge in [0.25, 0.3) is 0 Å². The summed E-state index contributed by atoms with van der Waals surface area (Å²) < 4.78 is 22.6. The van der Waals surface area contributed by atoms with Gasteiger partial charge in [-0.15, -0.1) is 0 Å². The third kappa shape index (κ3) is 4.00. The maximum Gasteiger partial charge on any atom is 0.239 e. The van der Waals surface area contributed by atoms with Crippen LogP contribution in [0, 0.1) is 0 Å². The monoisotopic (exact) mass is 359 g/mol. The third-order valence-electron chi connectivity index (χ3n) is 4.40. The molecule has 3 rings (SSSR count). The number of carbonyl (C=O) groups excluding carboxylic acids is 1. The number of sulfonamides is 1. The lowest BCUT2D eigenvalue weighted by molar-refractivity contribution is -0.120. The Labute approximate surface area is 147 Å². The fourth-order valence-electron chi connectivity index (χ4n) is 3.06. The van der Waals surface area contributed by atoms with Gasteiger partial charge in [-0.25, -0.2) is 13.6 Å². The van der Waals surface area contributed by atoms with E-state index < -0.39 is 10.0 Å². The number of benzene rings is 2. The summed E-state index contributed by atoms with van der Waals surface area (Å²) in [5.74, 6) is -0.0697. The van der Waals surface area contributed by atoms with Crippen molar-refractivity contribution in [3.63, 3.8) is 0 Å². The number of anilines is 1. The van der Waals surface area contributed by atoms with E-state index in [0.717, 1.165) is 24.2 Å². The van der Waals surface area contributed by atoms with Crippen LogP contribution in [-0.4, -0.2) is 27.4 Å². The summed E-state index contributed by atoms with van der Waals surface area (Å²) >= 11 is 0. The van der Waals surface area contributed by atoms with Crippen LogP contribution in [0.2, 0.25) is 0 Å². The van der Waals surface area contributed by atoms with Gasteiger partial charge < -0.3 is 10.2 Å². The smallest absolute Gasteiger partial charge is 0.239 e. The molecule has 0 spiro atoms. The molecule has 2 aromatic rings. The van der Waals surface area contributed by atoms with Gasteiger partial charge in [0.05, 0.1) is 17.5 Å². The molecular formula is C18H21N3O3S. The van der Waals surface area contributed by atoms with Crippen molar-refractivity contribution in [3.8, 4) is 0 Å². The number of primary sulfonamides is 1. The quantitative estimate of drug-likeness (QED) is 0.848. The van der Waals surface area contributed by atoms with Crippen molar-refractivity contribution in [2.45, 2.75) is 24.3 Å². The molecule has 0 saturated heterocycles. The standard InChI is InChI=1S/C18H21N3O3S/c1-13(14-6-8-16(9-7-14)25(19,23)24)20-18(22)12-21-11-10-15-4-2-3-5-17(15)21/h2-9,13H,10-12H2,1H3,(H,20,22)(H2,19,23,24)/t13-/m0/s1. The highest BCUT2D eigenvalue weighted by molar-refractivity contribution is 7.89. The van der Waals surface area contributed by atoms with E-state index in [0.29, 0.717) is 6.54 Å². The summed E-state index contributed by atoms with van der Waals surface area (Å²) in [5, 5.41) is 8.04. The first-order valence-electron chi connectivity index (χ1n) is 8.09. The highest BCUT2D eigenvalue weighted by atomic mass is 32.2. The van der Waals surface area contributed by atoms with Crippen LogP contribution >= 0.6 is 0 Å². The summed E-state index contributed by atoms with van der Waals surface area (Å²) in [4.78, 5) is 14.5. The van der Waals surface area contributed by atoms with Gasteiger partial charge in [0.2, 0.25) is 15.9 Å². The van der Waals surface area contributed by atoms with Crippen LogP contribution in [0.3, 0.4) is 0 Å². The average molecular weight is 359 g/mol. The number of amides is 1. The number of nitrogens with zero attached hydrogens (tertiary/aromatic N) is 1. The molecule has 1 aliphatic rings. The zero-order chi connectivity index (χ0) is 18.0. The van der Waals surface area contributed by atoms with Gasteiger partial charge in [0, 0.05) is 12.2 Å². The number of nitrogens with two attached hydrogens (primary N) is 1. The number of nitrogens with one attached hydrogen (secondary N) is 1. The molecule has 0 saturated carbocycles. The molecule has 132 valence electrons. The Morgan fingerprint density at radius 3 is 2.56 bits per heavy atom. The Bertz CT molecular complexity index is 879. The molecule has 1 atom stereocenters. The molecule has 0 aromatic heterocycles. The first kappa shape index (κ1) is 17.4. The summed E-state index contributed by atoms with van der Waals surface area (Å²) in [6.45, 7) is 3.00. The molecule has 1 aliphatic heterocycles. The van der Waals surface area contributed by atoms with Gasteiger partial charge in [-0.2, -0.15) is 0 Å². The van der Waals surface area contributed by atoms with Gasteiger partial charge in [0.1, 0.15) is 0 Å². The van der Waals surface area contributed by atoms with E-state index in [-0.39, 0.29) is 16.8 Å². The number of rotatable bonds is 5. The van der Waals surface area contributed by atoms with Crippen LogP contribution < -0.4 is 15.4 Å². The van der Waals surface area contributed by atoms with E-state index >= 15 is 0 Å². The predicted octanol–water partition coefficient (Wildman–Crippen LogP) is 1.57. The minimum atomic E-state index is -3.71. The zero-order valence-corrected chi connectivity index (χ0v) is 14.8. The average Bonchev–Trinajstić information content (AvgIpc) is 2.97. The Hall–Kier alpha value is -2.38. The normalized spacial score (nSPS) is 14.9. The Morgan fingerprint density at radius 1 is 1.20 bits per heavy atom. The summed E-state index contributed by atoms with van der Waals surface area (Å²) in [6.07, 6.45) is 0.952. The number of fused-ring (bicyclic) bond motifs is 1. The molecule has 2 aromatic carbocycles. The van der Waals surface area contributed by atoms with E-state index in [1.165, 1.54) is 17.7 Å². The lowest BCUT2D eigenvalue weighted by atomic mass is 10.1. The first-order valence-corrected chi connectivity index (χ1v) is 9.64. The molecule has 0 aliphatic carbocycles. The van der Waals surface area contributed by atoms with E-state index in [1.807, 2.05) is 25.1 Å². The van der Waals surface area contributed by atoms with Crippen molar-refractivity contribution < 1.29 is 13.2 Å². The number of hydrogen-bond donors (Lipinski definition) is 2. The van der Waals surface area contributed by atoms with E-state index in [2.05, 4.69) is 16.3 Å². The van der Waals surface area contributed by atoms with Crippen molar-refractivity contribution in [3.05, 3.63) is 59.7 Å². The van der Waals surface area contributed by atoms with Crippen molar-refractivity contribution in [2.24, 2.45) is 5.14 Å². The van der Waals surface area contributed by atoms with Crippen LogP contribution in [0.1, 0.15) is 24.1 Å². The molecule has 0 radical (unpaired) electrons. The van der Waals surface area contributed by atoms with Gasteiger partial charge in [0.15, 0.2) is 0 Å². The van der Waals surface area contributed by atoms with Gasteiger partial charge >= 0.3 is 0 Å². The van der Waals surface area contributed by atoms with Gasteiger partial charge in [-0.3, -0.25) is 4.79 Å². The van der Waals surface area contributed by atoms with Crippen LogP contribution in [0.5, 0.6) is 0 Å². The Balaban J connectivity index is 1.61. The van der Waals surface area contributed by atoms with Crippen molar-refractivity contribution in [1.82, 2.24) is 5.32 Å². The first-order chi connectivity index (χ1) is 11.8. The van der Waals surface area contributed by atoms with Crippen LogP contribution in [0.4, 0.5) is 5.69 Å². The molecule has 1 amide bonds. The highest BCUT2D eigenvalue weighted by Crippen LogP contribution is 2.27. The van der Waals surface area contributed by atoms with Crippen molar-refractivity contribution in [2.75, 3.05) is 18.0 Å². The van der Waals surface area contributed by atoms with E-state index in [1.54, 1.807) is 12.1 Å². The predicted molar refractivity (Wildman–Crippen MR) is 96.7 cm³/mol. The fraction of sp³-hybridized carbons (Fsp3) is 0.278. The zero-order valence-electron chi connectivity index (χ0n) is 14.0. The van der Waals surface area contributed by atoms with E-state index in [4.69, 9.17) is 5.14 Å². The lowest BCUT2D eigenvalue weighted by Crippen LogP contribution is -2.37. The maximum atomic E-state index is 12.4. The minimum Gasteiger partial charge on any atom is -0.362 e. The second-order valence-electron chi connectivity index (χ2n) is 6.20. The van der Waals surface area contributed by atoms with E-state index in [9.17, 15) is 13.2 Å². The number of hydrogen-bond acceptors (Lipinski definition) is 4. The van der Waals surface area contributed by atoms with Crippen LogP contribution in [0.15, 0.2) is 53.4 Å². The fourth-order valence-corrected chi connectivity index (χ4v) is 3.58. The molecule has 0 fully saturated rings. The topological polar surface area (TPSA) is 92.5 Å². The molecule has 3 N–H and O–H groups in total. The van der Waals surface area contributed by atoms with Crippen molar-refractivity contribution >= 4 is 21.6 Å².